The first kappa shape index (κ1) is 14.3. The van der Waals surface area contributed by atoms with E-state index >= 15 is 0 Å². The zero-order chi connectivity index (χ0) is 14.4. The predicted octanol–water partition coefficient (Wildman–Crippen LogP) is 1.11. The monoisotopic (exact) mass is 276 g/mol. The summed E-state index contributed by atoms with van der Waals surface area (Å²) in [5.41, 5.74) is 6.96. The molecule has 3 N–H and O–H groups in total. The van der Waals surface area contributed by atoms with Crippen LogP contribution in [0.15, 0.2) is 29.0 Å². The van der Waals surface area contributed by atoms with E-state index in [0.29, 0.717) is 25.1 Å². The lowest BCUT2D eigenvalue weighted by atomic mass is 10.2. The highest BCUT2D eigenvalue weighted by Gasteiger charge is 2.13. The Kier molecular flexibility index (Phi) is 4.95. The van der Waals surface area contributed by atoms with Gasteiger partial charge in [-0.05, 0) is 32.0 Å². The molecule has 0 atom stereocenters. The van der Waals surface area contributed by atoms with Gasteiger partial charge < -0.3 is 15.5 Å². The van der Waals surface area contributed by atoms with Gasteiger partial charge in [0.05, 0.1) is 18.0 Å². The number of carbonyl (C=O) groups is 1. The van der Waals surface area contributed by atoms with E-state index in [9.17, 15) is 4.79 Å². The highest BCUT2D eigenvalue weighted by atomic mass is 16.3. The van der Waals surface area contributed by atoms with Crippen molar-refractivity contribution in [2.24, 2.45) is 5.73 Å². The normalized spacial score (nSPS) is 10.7. The first-order valence-corrected chi connectivity index (χ1v) is 6.75. The maximum Gasteiger partial charge on any atom is 0.254 e. The molecule has 0 bridgehead atoms. The van der Waals surface area contributed by atoms with Crippen molar-refractivity contribution in [1.82, 2.24) is 15.1 Å². The van der Waals surface area contributed by atoms with Crippen molar-refractivity contribution in [3.05, 3.63) is 41.6 Å². The molecule has 108 valence electrons. The van der Waals surface area contributed by atoms with Crippen LogP contribution in [0.3, 0.4) is 0 Å². The van der Waals surface area contributed by atoms with Crippen molar-refractivity contribution in [2.75, 3.05) is 13.1 Å². The Labute approximate surface area is 117 Å². The number of amides is 1. The third-order valence-corrected chi connectivity index (χ3v) is 3.16. The van der Waals surface area contributed by atoms with Crippen molar-refractivity contribution in [3.8, 4) is 0 Å². The molecule has 2 rings (SSSR count). The zero-order valence-corrected chi connectivity index (χ0v) is 11.6. The Morgan fingerprint density at radius 3 is 3.10 bits per heavy atom. The second-order valence-electron chi connectivity index (χ2n) is 4.59. The lowest BCUT2D eigenvalue weighted by Crippen LogP contribution is -2.26. The molecule has 0 radical (unpaired) electrons. The lowest BCUT2D eigenvalue weighted by Gasteiger charge is -2.05. The molecule has 6 heteroatoms. The Morgan fingerprint density at radius 2 is 2.40 bits per heavy atom. The highest BCUT2D eigenvalue weighted by molar-refractivity contribution is 5.95. The third kappa shape index (κ3) is 3.48. The van der Waals surface area contributed by atoms with Gasteiger partial charge in [-0.15, -0.1) is 0 Å². The van der Waals surface area contributed by atoms with Crippen molar-refractivity contribution in [1.29, 1.82) is 0 Å². The molecule has 0 saturated heterocycles. The van der Waals surface area contributed by atoms with Gasteiger partial charge in [-0.25, -0.2) is 0 Å². The minimum absolute atomic E-state index is 0.104. The SMILES string of the molecule is Cc1c(C(=O)NCCc2ccco2)cnn1CCCN. The van der Waals surface area contributed by atoms with Crippen LogP contribution < -0.4 is 11.1 Å². The summed E-state index contributed by atoms with van der Waals surface area (Å²) in [4.78, 5) is 12.1. The van der Waals surface area contributed by atoms with E-state index in [1.165, 1.54) is 0 Å². The molecule has 0 aliphatic carbocycles. The summed E-state index contributed by atoms with van der Waals surface area (Å²) in [6.45, 7) is 3.79. The summed E-state index contributed by atoms with van der Waals surface area (Å²) in [6, 6.07) is 3.73. The van der Waals surface area contributed by atoms with Crippen LogP contribution in [0.1, 0.15) is 28.2 Å². The highest BCUT2D eigenvalue weighted by Crippen LogP contribution is 2.08. The number of rotatable bonds is 7. The van der Waals surface area contributed by atoms with Crippen molar-refractivity contribution < 1.29 is 9.21 Å². The van der Waals surface area contributed by atoms with E-state index in [1.807, 2.05) is 23.7 Å². The fraction of sp³-hybridized carbons (Fsp3) is 0.429. The maximum atomic E-state index is 12.1. The number of nitrogens with one attached hydrogen (secondary N) is 1. The van der Waals surface area contributed by atoms with Crippen molar-refractivity contribution in [3.63, 3.8) is 0 Å². The third-order valence-electron chi connectivity index (χ3n) is 3.16. The van der Waals surface area contributed by atoms with Gasteiger partial charge in [-0.1, -0.05) is 0 Å². The van der Waals surface area contributed by atoms with E-state index in [-0.39, 0.29) is 5.91 Å². The standard InChI is InChI=1S/C14H20N4O2/c1-11-13(10-17-18(11)8-3-6-15)14(19)16-7-5-12-4-2-9-20-12/h2,4,9-10H,3,5-8,15H2,1H3,(H,16,19). The average Bonchev–Trinajstić information content (AvgIpc) is 3.06. The van der Waals surface area contributed by atoms with E-state index < -0.39 is 0 Å². The molecule has 0 fully saturated rings. The molecule has 0 aliphatic heterocycles. The Morgan fingerprint density at radius 1 is 1.55 bits per heavy atom. The van der Waals surface area contributed by atoms with Crippen LogP contribution in [0.5, 0.6) is 0 Å². The second-order valence-corrected chi connectivity index (χ2v) is 4.59. The fourth-order valence-corrected chi connectivity index (χ4v) is 1.99. The molecule has 2 aromatic heterocycles. The summed E-state index contributed by atoms with van der Waals surface area (Å²) in [5, 5.41) is 7.08. The van der Waals surface area contributed by atoms with Crippen LogP contribution in [-0.2, 0) is 13.0 Å². The van der Waals surface area contributed by atoms with Crippen LogP contribution >= 0.6 is 0 Å². The van der Waals surface area contributed by atoms with Gasteiger partial charge in [0.2, 0.25) is 0 Å². The topological polar surface area (TPSA) is 86.1 Å². The number of carbonyl (C=O) groups excluding carboxylic acids is 1. The molecule has 0 spiro atoms. The molecule has 0 aliphatic rings. The predicted molar refractivity (Wildman–Crippen MR) is 75.4 cm³/mol. The molecule has 6 nitrogen and oxygen atoms in total. The number of nitrogens with zero attached hydrogens (tertiary/aromatic N) is 2. The summed E-state index contributed by atoms with van der Waals surface area (Å²) in [6.07, 6.45) is 4.76. The number of nitrogens with two attached hydrogens (primary N) is 1. The van der Waals surface area contributed by atoms with Gasteiger partial charge >= 0.3 is 0 Å². The van der Waals surface area contributed by atoms with Gasteiger partial charge in [-0.3, -0.25) is 9.48 Å². The minimum atomic E-state index is -0.104. The number of furan rings is 1. The molecule has 0 saturated carbocycles. The van der Waals surface area contributed by atoms with Crippen molar-refractivity contribution >= 4 is 5.91 Å². The Balaban J connectivity index is 1.87. The Hall–Kier alpha value is -2.08. The molecule has 0 unspecified atom stereocenters. The summed E-state index contributed by atoms with van der Waals surface area (Å²) >= 11 is 0. The number of aromatic nitrogens is 2. The molecule has 2 heterocycles. The fourth-order valence-electron chi connectivity index (χ4n) is 1.99. The maximum absolute atomic E-state index is 12.1. The van der Waals surface area contributed by atoms with Gasteiger partial charge in [-0.2, -0.15) is 5.10 Å². The second kappa shape index (κ2) is 6.91. The molecule has 20 heavy (non-hydrogen) atoms. The van der Waals surface area contributed by atoms with E-state index in [2.05, 4.69) is 10.4 Å². The van der Waals surface area contributed by atoms with Crippen molar-refractivity contribution in [2.45, 2.75) is 26.3 Å². The molecular weight excluding hydrogens is 256 g/mol. The number of aryl methyl sites for hydroxylation is 1. The van der Waals surface area contributed by atoms with Crippen LogP contribution in [0, 0.1) is 6.92 Å². The first-order chi connectivity index (χ1) is 9.72. The van der Waals surface area contributed by atoms with Gasteiger partial charge in [0.15, 0.2) is 0 Å². The smallest absolute Gasteiger partial charge is 0.254 e. The molecule has 2 aromatic rings. The zero-order valence-electron chi connectivity index (χ0n) is 11.6. The van der Waals surface area contributed by atoms with E-state index in [1.54, 1.807) is 12.5 Å². The van der Waals surface area contributed by atoms with Crippen LogP contribution in [0.4, 0.5) is 0 Å². The van der Waals surface area contributed by atoms with Crippen LogP contribution in [-0.4, -0.2) is 28.8 Å². The molecule has 1 amide bonds. The van der Waals surface area contributed by atoms with Gasteiger partial charge in [0.1, 0.15) is 5.76 Å². The molecule has 0 aromatic carbocycles. The summed E-state index contributed by atoms with van der Waals surface area (Å²) in [7, 11) is 0. The Bertz CT molecular complexity index is 546. The lowest BCUT2D eigenvalue weighted by molar-refractivity contribution is 0.0953. The quantitative estimate of drug-likeness (QED) is 0.793. The van der Waals surface area contributed by atoms with Gasteiger partial charge in [0, 0.05) is 25.2 Å². The number of hydrogen-bond donors (Lipinski definition) is 2. The summed E-state index contributed by atoms with van der Waals surface area (Å²) < 4.78 is 7.03. The molecular formula is C14H20N4O2. The largest absolute Gasteiger partial charge is 0.469 e. The first-order valence-electron chi connectivity index (χ1n) is 6.75. The minimum Gasteiger partial charge on any atom is -0.469 e. The van der Waals surface area contributed by atoms with Crippen LogP contribution in [0.25, 0.3) is 0 Å². The van der Waals surface area contributed by atoms with Crippen LogP contribution in [0.2, 0.25) is 0 Å². The average molecular weight is 276 g/mol. The van der Waals surface area contributed by atoms with Gasteiger partial charge in [0.25, 0.3) is 5.91 Å². The summed E-state index contributed by atoms with van der Waals surface area (Å²) in [5.74, 6) is 0.758. The van der Waals surface area contributed by atoms with E-state index in [0.717, 1.165) is 24.4 Å². The van der Waals surface area contributed by atoms with E-state index in [4.69, 9.17) is 10.2 Å². The number of hydrogen-bond acceptors (Lipinski definition) is 4.